The first kappa shape index (κ1) is 16.4. The fourth-order valence-corrected chi connectivity index (χ4v) is 5.11. The quantitative estimate of drug-likeness (QED) is 0.827. The molecule has 0 atom stereocenters. The average molecular weight is 372 g/mol. The molecule has 0 radical (unpaired) electrons. The Bertz CT molecular complexity index is 848. The van der Waals surface area contributed by atoms with Crippen molar-refractivity contribution < 1.29 is 0 Å². The first-order valence-electron chi connectivity index (χ1n) is 9.95. The molecule has 1 aliphatic heterocycles. The van der Waals surface area contributed by atoms with E-state index in [-0.39, 0.29) is 5.56 Å². The van der Waals surface area contributed by atoms with Crippen molar-refractivity contribution in [1.29, 1.82) is 0 Å². The zero-order chi connectivity index (χ0) is 17.5. The average Bonchev–Trinajstić information content (AvgIpc) is 3.24. The van der Waals surface area contributed by atoms with Gasteiger partial charge in [0.1, 0.15) is 5.82 Å². The van der Waals surface area contributed by atoms with Crippen LogP contribution in [-0.2, 0) is 19.4 Å². The van der Waals surface area contributed by atoms with Crippen LogP contribution >= 0.6 is 11.5 Å². The van der Waals surface area contributed by atoms with Crippen LogP contribution in [0, 0.1) is 5.92 Å². The molecule has 0 unspecified atom stereocenters. The molecule has 6 nitrogen and oxygen atoms in total. The largest absolute Gasteiger partial charge is 0.347 e. The molecule has 138 valence electrons. The molecule has 2 fully saturated rings. The molecule has 3 heterocycles. The fraction of sp³-hybridized carbons (Fsp3) is 0.684. The van der Waals surface area contributed by atoms with Gasteiger partial charge in [0.25, 0.3) is 5.56 Å². The van der Waals surface area contributed by atoms with Gasteiger partial charge in [-0.25, -0.2) is 9.67 Å². The first-order valence-corrected chi connectivity index (χ1v) is 10.7. The van der Waals surface area contributed by atoms with Crippen LogP contribution in [0.4, 0.5) is 5.13 Å². The van der Waals surface area contributed by atoms with Crippen molar-refractivity contribution in [2.24, 2.45) is 5.92 Å². The van der Waals surface area contributed by atoms with Gasteiger partial charge in [0, 0.05) is 43.2 Å². The summed E-state index contributed by atoms with van der Waals surface area (Å²) in [7, 11) is 0. The minimum atomic E-state index is 0.0716. The van der Waals surface area contributed by atoms with Crippen molar-refractivity contribution in [3.63, 3.8) is 0 Å². The predicted octanol–water partition coefficient (Wildman–Crippen LogP) is 2.77. The van der Waals surface area contributed by atoms with Gasteiger partial charge < -0.3 is 4.90 Å². The number of hydrogen-bond acceptors (Lipinski definition) is 6. The Morgan fingerprint density at radius 1 is 1.12 bits per heavy atom. The molecule has 0 amide bonds. The number of piperidine rings is 1. The number of aromatic nitrogens is 4. The summed E-state index contributed by atoms with van der Waals surface area (Å²) in [5.41, 5.74) is 2.38. The number of aryl methyl sites for hydroxylation is 2. The monoisotopic (exact) mass is 371 g/mol. The second-order valence-corrected chi connectivity index (χ2v) is 8.71. The van der Waals surface area contributed by atoms with Gasteiger partial charge in [-0.1, -0.05) is 6.42 Å². The third kappa shape index (κ3) is 3.06. The maximum Gasteiger partial charge on any atom is 0.267 e. The molecule has 2 aromatic rings. The summed E-state index contributed by atoms with van der Waals surface area (Å²) in [6, 6.07) is 1.81. The van der Waals surface area contributed by atoms with Crippen molar-refractivity contribution >= 4 is 16.7 Å². The second kappa shape index (κ2) is 6.76. The lowest BCUT2D eigenvalue weighted by Gasteiger charge is -2.31. The zero-order valence-electron chi connectivity index (χ0n) is 15.1. The van der Waals surface area contributed by atoms with Gasteiger partial charge in [0.05, 0.1) is 5.69 Å². The van der Waals surface area contributed by atoms with Crippen molar-refractivity contribution in [1.82, 2.24) is 19.1 Å². The Balaban J connectivity index is 1.21. The Hall–Kier alpha value is -1.76. The highest BCUT2D eigenvalue weighted by atomic mass is 32.1. The van der Waals surface area contributed by atoms with Crippen molar-refractivity contribution in [3.05, 3.63) is 33.5 Å². The van der Waals surface area contributed by atoms with E-state index in [0.29, 0.717) is 11.8 Å². The van der Waals surface area contributed by atoms with Crippen LogP contribution in [0.15, 0.2) is 10.9 Å². The Labute approximate surface area is 157 Å². The van der Waals surface area contributed by atoms with E-state index in [2.05, 4.69) is 14.4 Å². The number of fused-ring (bicyclic) bond motifs is 1. The third-order valence-electron chi connectivity index (χ3n) is 6.24. The summed E-state index contributed by atoms with van der Waals surface area (Å²) in [5, 5.41) is 5.71. The molecule has 0 aromatic carbocycles. The van der Waals surface area contributed by atoms with Crippen LogP contribution in [0.25, 0.3) is 0 Å². The fourth-order valence-electron chi connectivity index (χ4n) is 4.31. The maximum atomic E-state index is 12.3. The van der Waals surface area contributed by atoms with E-state index in [1.165, 1.54) is 24.8 Å². The summed E-state index contributed by atoms with van der Waals surface area (Å²) in [6.07, 6.45) is 9.17. The van der Waals surface area contributed by atoms with Gasteiger partial charge >= 0.3 is 0 Å². The summed E-state index contributed by atoms with van der Waals surface area (Å²) in [5.74, 6) is 2.19. The molecular weight excluding hydrogens is 346 g/mol. The molecule has 7 heteroatoms. The molecule has 2 aliphatic carbocycles. The topological polar surface area (TPSA) is 63.9 Å². The predicted molar refractivity (Wildman–Crippen MR) is 102 cm³/mol. The zero-order valence-corrected chi connectivity index (χ0v) is 15.9. The number of hydrogen-bond donors (Lipinski definition) is 0. The van der Waals surface area contributed by atoms with Crippen LogP contribution in [0.2, 0.25) is 0 Å². The Kier molecular flexibility index (Phi) is 4.27. The molecule has 26 heavy (non-hydrogen) atoms. The SMILES string of the molecule is O=c1cc2c(nn1CC1CCN(c3nc(C4CCC4)ns3)CC1)CCC2. The van der Waals surface area contributed by atoms with Crippen LogP contribution in [-0.4, -0.2) is 32.2 Å². The first-order chi connectivity index (χ1) is 12.8. The normalized spacial score (nSPS) is 21.0. The lowest BCUT2D eigenvalue weighted by molar-refractivity contribution is 0.333. The lowest BCUT2D eigenvalue weighted by Crippen LogP contribution is -2.37. The lowest BCUT2D eigenvalue weighted by atomic mass is 9.85. The van der Waals surface area contributed by atoms with E-state index in [0.717, 1.165) is 68.4 Å². The molecule has 1 saturated heterocycles. The summed E-state index contributed by atoms with van der Waals surface area (Å²) >= 11 is 1.55. The molecule has 0 spiro atoms. The van der Waals surface area contributed by atoms with E-state index in [9.17, 15) is 4.79 Å². The van der Waals surface area contributed by atoms with Crippen LogP contribution in [0.5, 0.6) is 0 Å². The molecule has 5 rings (SSSR count). The smallest absolute Gasteiger partial charge is 0.267 e. The van der Waals surface area contributed by atoms with Crippen molar-refractivity contribution in [2.45, 2.75) is 63.8 Å². The maximum absolute atomic E-state index is 12.3. The highest BCUT2D eigenvalue weighted by molar-refractivity contribution is 7.09. The minimum Gasteiger partial charge on any atom is -0.347 e. The summed E-state index contributed by atoms with van der Waals surface area (Å²) in [6.45, 7) is 2.76. The van der Waals surface area contributed by atoms with Gasteiger partial charge in [-0.05, 0) is 56.4 Å². The number of anilines is 1. The molecule has 0 bridgehead atoms. The van der Waals surface area contributed by atoms with Gasteiger partial charge in [0.15, 0.2) is 0 Å². The van der Waals surface area contributed by atoms with Crippen LogP contribution in [0.1, 0.15) is 61.5 Å². The minimum absolute atomic E-state index is 0.0716. The molecule has 1 saturated carbocycles. The van der Waals surface area contributed by atoms with Crippen molar-refractivity contribution in [3.8, 4) is 0 Å². The standard InChI is InChI=1S/C19H25N5OS/c25-17-11-15-5-2-6-16(15)21-24(17)12-13-7-9-23(10-8-13)19-20-18(22-26-19)14-3-1-4-14/h11,13-14H,1-10,12H2. The van der Waals surface area contributed by atoms with E-state index in [1.807, 2.05) is 6.07 Å². The van der Waals surface area contributed by atoms with E-state index in [1.54, 1.807) is 16.2 Å². The Morgan fingerprint density at radius 3 is 2.73 bits per heavy atom. The van der Waals surface area contributed by atoms with Gasteiger partial charge in [-0.15, -0.1) is 0 Å². The van der Waals surface area contributed by atoms with E-state index >= 15 is 0 Å². The number of rotatable bonds is 4. The van der Waals surface area contributed by atoms with Gasteiger partial charge in [-0.3, -0.25) is 4.79 Å². The van der Waals surface area contributed by atoms with Gasteiger partial charge in [0.2, 0.25) is 5.13 Å². The molecule has 0 N–H and O–H groups in total. The van der Waals surface area contributed by atoms with Crippen LogP contribution < -0.4 is 10.5 Å². The van der Waals surface area contributed by atoms with Gasteiger partial charge in [-0.2, -0.15) is 9.47 Å². The highest BCUT2D eigenvalue weighted by Gasteiger charge is 2.27. The number of nitrogens with zero attached hydrogens (tertiary/aromatic N) is 5. The molecule has 3 aliphatic rings. The highest BCUT2D eigenvalue weighted by Crippen LogP contribution is 2.36. The summed E-state index contributed by atoms with van der Waals surface area (Å²) in [4.78, 5) is 19.5. The summed E-state index contributed by atoms with van der Waals surface area (Å²) < 4.78 is 6.29. The van der Waals surface area contributed by atoms with Crippen molar-refractivity contribution in [2.75, 3.05) is 18.0 Å². The Morgan fingerprint density at radius 2 is 1.96 bits per heavy atom. The molecular formula is C19H25N5OS. The molecule has 2 aromatic heterocycles. The van der Waals surface area contributed by atoms with E-state index in [4.69, 9.17) is 4.98 Å². The third-order valence-corrected chi connectivity index (χ3v) is 7.03. The van der Waals surface area contributed by atoms with Crippen LogP contribution in [0.3, 0.4) is 0 Å². The van der Waals surface area contributed by atoms with E-state index < -0.39 is 0 Å². The second-order valence-electron chi connectivity index (χ2n) is 7.98.